The van der Waals surface area contributed by atoms with Gasteiger partial charge in [0.15, 0.2) is 14.1 Å². The lowest BCUT2D eigenvalue weighted by atomic mass is 10.0. The van der Waals surface area contributed by atoms with Gasteiger partial charge in [0.1, 0.15) is 24.4 Å². The number of ether oxygens (including phenoxy) is 2. The summed E-state index contributed by atoms with van der Waals surface area (Å²) in [6.45, 7) is 23.1. The summed E-state index contributed by atoms with van der Waals surface area (Å²) in [7, 11) is -5.36. The van der Waals surface area contributed by atoms with Crippen molar-refractivity contribution in [3.8, 4) is 0 Å². The zero-order valence-corrected chi connectivity index (χ0v) is 28.4. The van der Waals surface area contributed by atoms with Crippen molar-refractivity contribution in [1.82, 2.24) is 0 Å². The first-order valence-corrected chi connectivity index (χ1v) is 19.3. The first-order chi connectivity index (χ1) is 18.3. The second-order valence-corrected chi connectivity index (χ2v) is 23.2. The lowest BCUT2D eigenvalue weighted by Gasteiger charge is -2.47. The molecular weight excluding hydrogens is 537 g/mol. The van der Waals surface area contributed by atoms with Crippen molar-refractivity contribution in [2.45, 2.75) is 122 Å². The number of aliphatic hydroxyl groups excluding tert-OH is 2. The maximum absolute atomic E-state index is 12.0. The van der Waals surface area contributed by atoms with Crippen LogP contribution in [0.2, 0.25) is 23.2 Å². The van der Waals surface area contributed by atoms with Crippen LogP contribution in [0.4, 0.5) is 0 Å². The third kappa shape index (κ3) is 6.98. The topological polar surface area (TPSA) is 77.4 Å². The second kappa shape index (κ2) is 12.1. The minimum absolute atomic E-state index is 0.126. The quantitative estimate of drug-likeness (QED) is 0.371. The van der Waals surface area contributed by atoms with Gasteiger partial charge in [0.25, 0.3) is 8.32 Å². The molecule has 0 aromatic heterocycles. The zero-order valence-electron chi connectivity index (χ0n) is 26.4. The molecule has 2 N–H and O–H groups in total. The molecule has 0 bridgehead atoms. The van der Waals surface area contributed by atoms with E-state index < -0.39 is 52.9 Å². The molecule has 0 unspecified atom stereocenters. The average Bonchev–Trinajstić information content (AvgIpc) is 3.24. The molecule has 2 aromatic carbocycles. The van der Waals surface area contributed by atoms with E-state index in [4.69, 9.17) is 18.3 Å². The first-order valence-electron chi connectivity index (χ1n) is 14.5. The summed E-state index contributed by atoms with van der Waals surface area (Å²) in [5.74, 6) is -0.810. The summed E-state index contributed by atoms with van der Waals surface area (Å²) < 4.78 is 25.8. The smallest absolute Gasteiger partial charge is 0.261 e. The molecule has 1 fully saturated rings. The van der Waals surface area contributed by atoms with Crippen LogP contribution in [0.1, 0.15) is 62.3 Å². The number of hydrogen-bond donors (Lipinski definition) is 2. The predicted octanol–water partition coefficient (Wildman–Crippen LogP) is 5.22. The average molecular weight is 589 g/mol. The maximum atomic E-state index is 12.0. The molecule has 1 aliphatic heterocycles. The van der Waals surface area contributed by atoms with E-state index in [1.54, 1.807) is 0 Å². The molecule has 0 saturated carbocycles. The number of rotatable bonds is 10. The van der Waals surface area contributed by atoms with Crippen LogP contribution in [0.15, 0.2) is 60.7 Å². The molecule has 224 valence electrons. The normalized spacial score (nSPS) is 21.6. The molecule has 0 radical (unpaired) electrons. The summed E-state index contributed by atoms with van der Waals surface area (Å²) >= 11 is 0. The Balaban J connectivity index is 2.06. The summed E-state index contributed by atoms with van der Waals surface area (Å²) in [6.07, 6.45) is -4.41. The molecule has 2 aromatic rings. The largest absolute Gasteiger partial charge is 0.408 e. The third-order valence-corrected chi connectivity index (χ3v) is 18.2. The lowest BCUT2D eigenvalue weighted by molar-refractivity contribution is -0.171. The van der Waals surface area contributed by atoms with Crippen LogP contribution in [0.25, 0.3) is 0 Å². The van der Waals surface area contributed by atoms with Gasteiger partial charge in [0.2, 0.25) is 0 Å². The Bertz CT molecular complexity index is 1040. The fourth-order valence-corrected chi connectivity index (χ4v) is 11.3. The van der Waals surface area contributed by atoms with Gasteiger partial charge in [-0.1, -0.05) is 102 Å². The molecule has 0 spiro atoms. The molecule has 3 rings (SSSR count). The molecule has 5 atom stereocenters. The molecule has 1 heterocycles. The van der Waals surface area contributed by atoms with Crippen molar-refractivity contribution < 1.29 is 28.5 Å². The van der Waals surface area contributed by atoms with Crippen molar-refractivity contribution in [3.63, 3.8) is 0 Å². The molecule has 0 aliphatic carbocycles. The summed E-state index contributed by atoms with van der Waals surface area (Å²) in [4.78, 5) is 0. The molecule has 6 nitrogen and oxygen atoms in total. The molecular formula is C32H52O6Si2. The van der Waals surface area contributed by atoms with E-state index in [-0.39, 0.29) is 16.7 Å². The van der Waals surface area contributed by atoms with Gasteiger partial charge in [-0.3, -0.25) is 0 Å². The van der Waals surface area contributed by atoms with Crippen LogP contribution in [0.5, 0.6) is 0 Å². The molecule has 0 amide bonds. The number of benzene rings is 2. The highest BCUT2D eigenvalue weighted by atomic mass is 28.4. The van der Waals surface area contributed by atoms with Crippen molar-refractivity contribution in [2.75, 3.05) is 6.61 Å². The number of aliphatic hydroxyl groups is 2. The van der Waals surface area contributed by atoms with E-state index >= 15 is 0 Å². The fraction of sp³-hybridized carbons (Fsp3) is 0.625. The highest BCUT2D eigenvalue weighted by molar-refractivity contribution is 6.99. The molecule has 1 saturated heterocycles. The maximum Gasteiger partial charge on any atom is 0.261 e. The van der Waals surface area contributed by atoms with Gasteiger partial charge < -0.3 is 28.5 Å². The van der Waals surface area contributed by atoms with Gasteiger partial charge >= 0.3 is 0 Å². The van der Waals surface area contributed by atoms with E-state index in [9.17, 15) is 10.2 Å². The highest BCUT2D eigenvalue weighted by Gasteiger charge is 2.54. The van der Waals surface area contributed by atoms with E-state index in [2.05, 4.69) is 78.9 Å². The van der Waals surface area contributed by atoms with E-state index in [0.29, 0.717) is 0 Å². The van der Waals surface area contributed by atoms with Crippen molar-refractivity contribution in [3.05, 3.63) is 60.7 Å². The van der Waals surface area contributed by atoms with E-state index in [1.807, 2.05) is 57.2 Å². The lowest BCUT2D eigenvalue weighted by Crippen LogP contribution is -2.69. The van der Waals surface area contributed by atoms with Crippen LogP contribution < -0.4 is 10.4 Å². The van der Waals surface area contributed by atoms with Gasteiger partial charge in [-0.05, 0) is 54.3 Å². The van der Waals surface area contributed by atoms with Crippen LogP contribution in [-0.2, 0) is 18.3 Å². The monoisotopic (exact) mass is 588 g/mol. The highest BCUT2D eigenvalue weighted by Crippen LogP contribution is 2.41. The van der Waals surface area contributed by atoms with Crippen LogP contribution in [0.3, 0.4) is 0 Å². The summed E-state index contributed by atoms with van der Waals surface area (Å²) in [5.41, 5.74) is 0. The Labute approximate surface area is 244 Å². The second-order valence-electron chi connectivity index (χ2n) is 14.2. The van der Waals surface area contributed by atoms with Crippen molar-refractivity contribution in [1.29, 1.82) is 0 Å². The predicted molar refractivity (Wildman–Crippen MR) is 167 cm³/mol. The van der Waals surface area contributed by atoms with Crippen LogP contribution in [-0.4, -0.2) is 69.8 Å². The summed E-state index contributed by atoms with van der Waals surface area (Å²) in [6, 6.07) is 20.7. The minimum Gasteiger partial charge on any atom is -0.408 e. The van der Waals surface area contributed by atoms with Gasteiger partial charge in [-0.2, -0.15) is 0 Å². The Hall–Kier alpha value is -1.37. The van der Waals surface area contributed by atoms with Gasteiger partial charge in [-0.25, -0.2) is 0 Å². The Morgan fingerprint density at radius 1 is 0.825 bits per heavy atom. The molecule has 1 aliphatic rings. The van der Waals surface area contributed by atoms with Crippen LogP contribution >= 0.6 is 0 Å². The Kier molecular flexibility index (Phi) is 10.0. The van der Waals surface area contributed by atoms with Gasteiger partial charge in [0, 0.05) is 0 Å². The Morgan fingerprint density at radius 3 is 1.68 bits per heavy atom. The number of hydrogen-bond acceptors (Lipinski definition) is 6. The molecule has 8 heteroatoms. The molecule has 40 heavy (non-hydrogen) atoms. The standard InChI is InChI=1S/C32H52O6Si2/c1-23(37-40(31(5,6)7,24-18-14-12-15-19-24)25-20-16-13-17-21-25)27(33)29(38-39(10,11)30(2,3)4)28(34)26-22-35-32(8,9)36-26/h12-21,23,26-29,33-34H,22H2,1-11H3/t23-,26-,27-,28+,29+/m0/s1. The van der Waals surface area contributed by atoms with Crippen LogP contribution in [0, 0.1) is 0 Å². The van der Waals surface area contributed by atoms with Gasteiger partial charge in [0.05, 0.1) is 12.7 Å². The minimum atomic E-state index is -2.95. The first kappa shape index (κ1) is 33.1. The SMILES string of the molecule is C[C@H](O[Si](c1ccccc1)(c1ccccc1)C(C)(C)C)[C@H](O)[C@@H](O[Si](C)(C)C(C)(C)C)[C@H](O)[C@@H]1COC(C)(C)O1. The van der Waals surface area contributed by atoms with Gasteiger partial charge in [-0.15, -0.1) is 0 Å². The fourth-order valence-electron chi connectivity index (χ4n) is 5.26. The van der Waals surface area contributed by atoms with E-state index in [0.717, 1.165) is 10.4 Å². The Morgan fingerprint density at radius 2 is 1.30 bits per heavy atom. The third-order valence-electron chi connectivity index (χ3n) is 8.58. The zero-order chi connectivity index (χ0) is 30.1. The van der Waals surface area contributed by atoms with Crippen molar-refractivity contribution >= 4 is 27.0 Å². The summed E-state index contributed by atoms with van der Waals surface area (Å²) in [5, 5.41) is 25.6. The van der Waals surface area contributed by atoms with Crippen molar-refractivity contribution in [2.24, 2.45) is 0 Å². The van der Waals surface area contributed by atoms with E-state index in [1.165, 1.54) is 0 Å².